The van der Waals surface area contributed by atoms with Crippen molar-refractivity contribution in [3.8, 4) is 0 Å². The first-order valence-corrected chi connectivity index (χ1v) is 6.17. The topological polar surface area (TPSA) is 75.4 Å². The molecule has 0 radical (unpaired) electrons. The third-order valence-corrected chi connectivity index (χ3v) is 3.50. The Morgan fingerprint density at radius 3 is 2.59 bits per heavy atom. The van der Waals surface area contributed by atoms with Gasteiger partial charge in [-0.1, -0.05) is 0 Å². The summed E-state index contributed by atoms with van der Waals surface area (Å²) in [5.74, 6) is -0.331. The molecule has 0 unspecified atom stereocenters. The van der Waals surface area contributed by atoms with Gasteiger partial charge in [0.15, 0.2) is 0 Å². The van der Waals surface area contributed by atoms with Crippen molar-refractivity contribution in [2.45, 2.75) is 13.8 Å². The highest BCUT2D eigenvalue weighted by atomic mass is 32.1. The molecule has 0 aliphatic heterocycles. The van der Waals surface area contributed by atoms with E-state index in [4.69, 9.17) is 5.73 Å². The number of rotatable bonds is 4. The number of aryl methyl sites for hydroxylation is 1. The Morgan fingerprint density at radius 1 is 1.53 bits per heavy atom. The predicted octanol–water partition coefficient (Wildman–Crippen LogP) is 0.847. The largest absolute Gasteiger partial charge is 0.398 e. The maximum Gasteiger partial charge on any atom is 0.264 e. The molecule has 0 aliphatic carbocycles. The molecule has 0 atom stereocenters. The molecule has 0 bridgehead atoms. The average molecular weight is 255 g/mol. The van der Waals surface area contributed by atoms with Gasteiger partial charge in [-0.2, -0.15) is 0 Å². The van der Waals surface area contributed by atoms with Crippen LogP contribution < -0.4 is 11.1 Å². The third-order valence-electron chi connectivity index (χ3n) is 2.45. The molecule has 1 aromatic heterocycles. The summed E-state index contributed by atoms with van der Waals surface area (Å²) in [7, 11) is 1.55. The van der Waals surface area contributed by atoms with Crippen LogP contribution in [-0.4, -0.2) is 36.9 Å². The minimum atomic E-state index is -0.179. The molecule has 3 N–H and O–H groups in total. The van der Waals surface area contributed by atoms with Gasteiger partial charge >= 0.3 is 0 Å². The first kappa shape index (κ1) is 13.5. The van der Waals surface area contributed by atoms with Crippen LogP contribution in [0.15, 0.2) is 6.07 Å². The number of anilines is 1. The van der Waals surface area contributed by atoms with Gasteiger partial charge in [-0.05, 0) is 19.9 Å². The fourth-order valence-electron chi connectivity index (χ4n) is 1.34. The van der Waals surface area contributed by atoms with Crippen LogP contribution in [0.5, 0.6) is 0 Å². The van der Waals surface area contributed by atoms with Crippen LogP contribution in [0.4, 0.5) is 5.69 Å². The minimum absolute atomic E-state index is 0.0721. The van der Waals surface area contributed by atoms with E-state index in [2.05, 4.69) is 5.32 Å². The molecule has 1 aromatic rings. The number of nitrogens with zero attached hydrogens (tertiary/aromatic N) is 1. The maximum atomic E-state index is 12.1. The lowest BCUT2D eigenvalue weighted by atomic mass is 10.3. The zero-order chi connectivity index (χ0) is 13.0. The van der Waals surface area contributed by atoms with Crippen molar-refractivity contribution in [2.24, 2.45) is 0 Å². The standard InChI is InChI=1S/C11H17N3O2S/c1-4-14(6-10(15)13-3)11(16)9-5-8(12)7(2)17-9/h5H,4,6,12H2,1-3H3,(H,13,15). The highest BCUT2D eigenvalue weighted by Crippen LogP contribution is 2.24. The Kier molecular flexibility index (Phi) is 4.51. The number of carbonyl (C=O) groups is 2. The number of carbonyl (C=O) groups excluding carboxylic acids is 2. The first-order chi connectivity index (χ1) is 7.99. The summed E-state index contributed by atoms with van der Waals surface area (Å²) >= 11 is 1.35. The molecular formula is C11H17N3O2S. The molecule has 0 saturated heterocycles. The quantitative estimate of drug-likeness (QED) is 0.837. The van der Waals surface area contributed by atoms with Crippen molar-refractivity contribution in [3.63, 3.8) is 0 Å². The van der Waals surface area contributed by atoms with Crippen LogP contribution in [0, 0.1) is 6.92 Å². The van der Waals surface area contributed by atoms with Gasteiger partial charge in [-0.15, -0.1) is 11.3 Å². The fourth-order valence-corrected chi connectivity index (χ4v) is 2.25. The molecule has 2 amide bonds. The van der Waals surface area contributed by atoms with Crippen molar-refractivity contribution < 1.29 is 9.59 Å². The van der Waals surface area contributed by atoms with Crippen molar-refractivity contribution in [1.29, 1.82) is 0 Å². The lowest BCUT2D eigenvalue weighted by Gasteiger charge is -2.18. The monoisotopic (exact) mass is 255 g/mol. The number of hydrogen-bond acceptors (Lipinski definition) is 4. The zero-order valence-electron chi connectivity index (χ0n) is 10.2. The van der Waals surface area contributed by atoms with Crippen LogP contribution in [0.2, 0.25) is 0 Å². The van der Waals surface area contributed by atoms with Crippen molar-refractivity contribution >= 4 is 28.8 Å². The van der Waals surface area contributed by atoms with Crippen molar-refractivity contribution in [1.82, 2.24) is 10.2 Å². The molecule has 0 spiro atoms. The lowest BCUT2D eigenvalue weighted by Crippen LogP contribution is -2.39. The molecule has 0 fully saturated rings. The van der Waals surface area contributed by atoms with E-state index in [1.54, 1.807) is 13.1 Å². The highest BCUT2D eigenvalue weighted by molar-refractivity contribution is 7.14. The van der Waals surface area contributed by atoms with Gasteiger partial charge < -0.3 is 16.0 Å². The smallest absolute Gasteiger partial charge is 0.264 e. The molecule has 1 rings (SSSR count). The maximum absolute atomic E-state index is 12.1. The lowest BCUT2D eigenvalue weighted by molar-refractivity contribution is -0.121. The normalized spacial score (nSPS) is 10.1. The summed E-state index contributed by atoms with van der Waals surface area (Å²) in [6.07, 6.45) is 0. The van der Waals surface area contributed by atoms with E-state index >= 15 is 0 Å². The summed E-state index contributed by atoms with van der Waals surface area (Å²) in [4.78, 5) is 26.3. The molecular weight excluding hydrogens is 238 g/mol. The Hall–Kier alpha value is -1.56. The number of thiophene rings is 1. The Labute approximate surface area is 105 Å². The SMILES string of the molecule is CCN(CC(=O)NC)C(=O)c1cc(N)c(C)s1. The van der Waals surface area contributed by atoms with E-state index in [0.717, 1.165) is 4.88 Å². The summed E-state index contributed by atoms with van der Waals surface area (Å²) in [5.41, 5.74) is 6.33. The second-order valence-electron chi connectivity index (χ2n) is 3.61. The molecule has 0 saturated carbocycles. The number of hydrogen-bond donors (Lipinski definition) is 2. The summed E-state index contributed by atoms with van der Waals surface area (Å²) in [6, 6.07) is 1.66. The van der Waals surface area contributed by atoms with Gasteiger partial charge in [0.25, 0.3) is 5.91 Å². The third kappa shape index (κ3) is 3.20. The predicted molar refractivity (Wildman–Crippen MR) is 69.1 cm³/mol. The van der Waals surface area contributed by atoms with Gasteiger partial charge in [-0.3, -0.25) is 9.59 Å². The second kappa shape index (κ2) is 5.67. The molecule has 0 aliphatic rings. The van der Waals surface area contributed by atoms with Crippen molar-refractivity contribution in [3.05, 3.63) is 15.8 Å². The van der Waals surface area contributed by atoms with E-state index in [1.165, 1.54) is 16.2 Å². The van der Waals surface area contributed by atoms with Gasteiger partial charge in [0, 0.05) is 24.2 Å². The number of likely N-dealkylation sites (N-methyl/N-ethyl adjacent to an activating group) is 2. The summed E-state index contributed by atoms with van der Waals surface area (Å²) in [5, 5.41) is 2.50. The van der Waals surface area contributed by atoms with Gasteiger partial charge in [0.2, 0.25) is 5.91 Å². The van der Waals surface area contributed by atoms with Crippen molar-refractivity contribution in [2.75, 3.05) is 25.9 Å². The number of nitrogens with one attached hydrogen (secondary N) is 1. The molecule has 94 valence electrons. The average Bonchev–Trinajstić information content (AvgIpc) is 2.65. The summed E-state index contributed by atoms with van der Waals surface area (Å²) < 4.78 is 0. The van der Waals surface area contributed by atoms with E-state index in [-0.39, 0.29) is 18.4 Å². The zero-order valence-corrected chi connectivity index (χ0v) is 11.1. The van der Waals surface area contributed by atoms with Crippen LogP contribution in [0.25, 0.3) is 0 Å². The van der Waals surface area contributed by atoms with E-state index in [1.807, 2.05) is 13.8 Å². The molecule has 17 heavy (non-hydrogen) atoms. The van der Waals surface area contributed by atoms with Gasteiger partial charge in [0.1, 0.15) is 0 Å². The number of nitrogen functional groups attached to an aromatic ring is 1. The van der Waals surface area contributed by atoms with Gasteiger partial charge in [0.05, 0.1) is 11.4 Å². The van der Waals surface area contributed by atoms with E-state index in [9.17, 15) is 9.59 Å². The molecule has 1 heterocycles. The number of amides is 2. The van der Waals surface area contributed by atoms with Crippen LogP contribution in [0.1, 0.15) is 21.5 Å². The molecule has 5 nitrogen and oxygen atoms in total. The minimum Gasteiger partial charge on any atom is -0.398 e. The number of nitrogens with two attached hydrogens (primary N) is 1. The molecule has 6 heteroatoms. The van der Waals surface area contributed by atoms with E-state index in [0.29, 0.717) is 17.1 Å². The second-order valence-corrected chi connectivity index (χ2v) is 4.87. The Bertz CT molecular complexity index is 409. The van der Waals surface area contributed by atoms with Crippen LogP contribution in [0.3, 0.4) is 0 Å². The fraction of sp³-hybridized carbons (Fsp3) is 0.455. The summed E-state index contributed by atoms with van der Waals surface area (Å²) in [6.45, 7) is 4.27. The first-order valence-electron chi connectivity index (χ1n) is 5.35. The van der Waals surface area contributed by atoms with E-state index < -0.39 is 0 Å². The van der Waals surface area contributed by atoms with Gasteiger partial charge in [-0.25, -0.2) is 0 Å². The van der Waals surface area contributed by atoms with Crippen LogP contribution >= 0.6 is 11.3 Å². The van der Waals surface area contributed by atoms with Crippen LogP contribution in [-0.2, 0) is 4.79 Å². The Morgan fingerprint density at radius 2 is 2.18 bits per heavy atom. The highest BCUT2D eigenvalue weighted by Gasteiger charge is 2.19. The molecule has 0 aromatic carbocycles. The Balaban J connectivity index is 2.82.